The summed E-state index contributed by atoms with van der Waals surface area (Å²) in [6, 6.07) is 28.1. The quantitative estimate of drug-likeness (QED) is 0.198. The Balaban J connectivity index is 1.42. The van der Waals surface area contributed by atoms with Gasteiger partial charge in [0.15, 0.2) is 5.11 Å². The number of hydrogen-bond donors (Lipinski definition) is 1. The average Bonchev–Trinajstić information content (AvgIpc) is 3.49. The van der Waals surface area contributed by atoms with E-state index in [0.29, 0.717) is 16.5 Å². The fourth-order valence-electron chi connectivity index (χ4n) is 5.73. The van der Waals surface area contributed by atoms with Gasteiger partial charge in [0.05, 0.1) is 23.3 Å². The van der Waals surface area contributed by atoms with Gasteiger partial charge in [-0.3, -0.25) is 4.98 Å². The van der Waals surface area contributed by atoms with Crippen molar-refractivity contribution >= 4 is 23.0 Å². The average molecular weight is 599 g/mol. The zero-order chi connectivity index (χ0) is 30.3. The molecule has 43 heavy (non-hydrogen) atoms. The van der Waals surface area contributed by atoms with Gasteiger partial charge in [0, 0.05) is 29.0 Å². The van der Waals surface area contributed by atoms with Crippen LogP contribution in [0.5, 0.6) is 11.5 Å². The molecule has 218 valence electrons. The van der Waals surface area contributed by atoms with Crippen LogP contribution >= 0.6 is 12.2 Å². The maximum atomic E-state index is 13.6. The van der Waals surface area contributed by atoms with E-state index >= 15 is 0 Å². The molecule has 1 N–H and O–H groups in total. The molecule has 1 fully saturated rings. The third-order valence-corrected chi connectivity index (χ3v) is 8.07. The van der Waals surface area contributed by atoms with Crippen molar-refractivity contribution in [1.29, 1.82) is 0 Å². The number of rotatable bonds is 6. The topological polar surface area (TPSA) is 42.3 Å². The Bertz CT molecular complexity index is 1780. The predicted octanol–water partition coefficient (Wildman–Crippen LogP) is 8.79. The Kier molecular flexibility index (Phi) is 7.43. The van der Waals surface area contributed by atoms with Crippen molar-refractivity contribution in [2.75, 3.05) is 4.90 Å². The Morgan fingerprint density at radius 1 is 0.837 bits per heavy atom. The van der Waals surface area contributed by atoms with Crippen molar-refractivity contribution in [3.63, 3.8) is 0 Å². The van der Waals surface area contributed by atoms with Crippen molar-refractivity contribution in [3.05, 3.63) is 137 Å². The summed E-state index contributed by atoms with van der Waals surface area (Å²) in [6.45, 7) is 5.82. The minimum atomic E-state index is -4.44. The molecule has 2 atom stereocenters. The molecule has 0 bridgehead atoms. The van der Waals surface area contributed by atoms with Crippen LogP contribution in [-0.2, 0) is 6.18 Å². The zero-order valence-electron chi connectivity index (χ0n) is 23.8. The van der Waals surface area contributed by atoms with Crippen LogP contribution < -0.4 is 15.0 Å². The second-order valence-corrected chi connectivity index (χ2v) is 11.0. The number of aryl methyl sites for hydroxylation is 2. The monoisotopic (exact) mass is 598 g/mol. The number of aromatic nitrogens is 2. The van der Waals surface area contributed by atoms with E-state index in [2.05, 4.69) is 10.3 Å². The van der Waals surface area contributed by atoms with Crippen LogP contribution in [0.3, 0.4) is 0 Å². The molecule has 0 spiro atoms. The number of benzene rings is 3. The van der Waals surface area contributed by atoms with Crippen molar-refractivity contribution < 1.29 is 17.9 Å². The molecule has 1 saturated heterocycles. The van der Waals surface area contributed by atoms with Gasteiger partial charge in [0.25, 0.3) is 0 Å². The number of para-hydroxylation sites is 1. The number of alkyl halides is 3. The lowest BCUT2D eigenvalue weighted by molar-refractivity contribution is -0.137. The summed E-state index contributed by atoms with van der Waals surface area (Å²) in [4.78, 5) is 6.67. The van der Waals surface area contributed by atoms with Crippen LogP contribution in [0.1, 0.15) is 45.9 Å². The maximum Gasteiger partial charge on any atom is 0.416 e. The van der Waals surface area contributed by atoms with Gasteiger partial charge in [0.1, 0.15) is 11.5 Å². The fraction of sp³-hybridized carbons (Fsp3) is 0.176. The van der Waals surface area contributed by atoms with Gasteiger partial charge in [-0.1, -0.05) is 30.3 Å². The molecular weight excluding hydrogens is 569 g/mol. The number of ether oxygens (including phenoxy) is 1. The van der Waals surface area contributed by atoms with E-state index in [1.165, 1.54) is 12.1 Å². The number of halogens is 3. The highest BCUT2D eigenvalue weighted by Crippen LogP contribution is 2.44. The second-order valence-electron chi connectivity index (χ2n) is 10.6. The molecule has 3 aromatic carbocycles. The molecule has 0 radical (unpaired) electrons. The number of nitrogens with zero attached hydrogens (tertiary/aromatic N) is 3. The Labute approximate surface area is 253 Å². The smallest absolute Gasteiger partial charge is 0.416 e. The van der Waals surface area contributed by atoms with E-state index in [-0.39, 0.29) is 12.1 Å². The van der Waals surface area contributed by atoms with E-state index in [0.717, 1.165) is 45.7 Å². The Morgan fingerprint density at radius 3 is 2.28 bits per heavy atom. The molecule has 6 rings (SSSR count). The van der Waals surface area contributed by atoms with Crippen molar-refractivity contribution in [3.8, 4) is 17.2 Å². The van der Waals surface area contributed by atoms with Crippen LogP contribution in [-0.4, -0.2) is 14.7 Å². The molecule has 2 aromatic heterocycles. The summed E-state index contributed by atoms with van der Waals surface area (Å²) in [5, 5.41) is 3.98. The minimum Gasteiger partial charge on any atom is -0.457 e. The number of hydrogen-bond acceptors (Lipinski definition) is 3. The van der Waals surface area contributed by atoms with Gasteiger partial charge in [-0.05, 0) is 111 Å². The molecule has 0 unspecified atom stereocenters. The standard InChI is InChI=1S/C34H29F3N4OS/c1-21-9-4-5-13-30(21)42-27-16-14-25(15-17-27)41-32(31(39-33(41)43)29-12-6-7-18-38-29)28-19-22(2)40(23(28)3)26-11-8-10-24(20-26)34(35,36)37/h4-20,31-32H,1-3H3,(H,39,43)/t31-,32-/m0/s1. The van der Waals surface area contributed by atoms with Crippen LogP contribution in [0, 0.1) is 20.8 Å². The van der Waals surface area contributed by atoms with Gasteiger partial charge >= 0.3 is 6.18 Å². The number of nitrogens with one attached hydrogen (secondary N) is 1. The lowest BCUT2D eigenvalue weighted by Crippen LogP contribution is -2.29. The highest BCUT2D eigenvalue weighted by atomic mass is 32.1. The molecule has 0 aliphatic carbocycles. The first kappa shape index (κ1) is 28.5. The Morgan fingerprint density at radius 2 is 1.58 bits per heavy atom. The molecule has 0 saturated carbocycles. The third kappa shape index (κ3) is 5.48. The van der Waals surface area contributed by atoms with Gasteiger partial charge in [-0.25, -0.2) is 0 Å². The molecule has 1 aliphatic rings. The first-order valence-corrected chi connectivity index (χ1v) is 14.2. The summed E-state index contributed by atoms with van der Waals surface area (Å²) in [5.41, 5.74) is 5.00. The van der Waals surface area contributed by atoms with Crippen LogP contribution in [0.4, 0.5) is 18.9 Å². The molecule has 0 amide bonds. The molecule has 3 heterocycles. The summed E-state index contributed by atoms with van der Waals surface area (Å²) in [5.74, 6) is 1.47. The van der Waals surface area contributed by atoms with E-state index in [1.807, 2.05) is 103 Å². The van der Waals surface area contributed by atoms with E-state index < -0.39 is 11.7 Å². The minimum absolute atomic E-state index is 0.299. The van der Waals surface area contributed by atoms with Crippen LogP contribution in [0.15, 0.2) is 103 Å². The maximum absolute atomic E-state index is 13.6. The lowest BCUT2D eigenvalue weighted by Gasteiger charge is -2.28. The summed E-state index contributed by atoms with van der Waals surface area (Å²) in [7, 11) is 0. The van der Waals surface area contributed by atoms with Gasteiger partial charge in [0.2, 0.25) is 0 Å². The van der Waals surface area contributed by atoms with E-state index in [4.69, 9.17) is 17.0 Å². The van der Waals surface area contributed by atoms with Gasteiger partial charge in [-0.2, -0.15) is 13.2 Å². The number of pyridine rings is 1. The highest BCUT2D eigenvalue weighted by molar-refractivity contribution is 7.80. The molecule has 5 aromatic rings. The third-order valence-electron chi connectivity index (χ3n) is 7.75. The van der Waals surface area contributed by atoms with E-state index in [9.17, 15) is 13.2 Å². The van der Waals surface area contributed by atoms with Crippen molar-refractivity contribution in [2.24, 2.45) is 0 Å². The van der Waals surface area contributed by atoms with Crippen LogP contribution in [0.25, 0.3) is 5.69 Å². The van der Waals surface area contributed by atoms with E-state index in [1.54, 1.807) is 12.3 Å². The first-order valence-electron chi connectivity index (χ1n) is 13.8. The summed E-state index contributed by atoms with van der Waals surface area (Å²) in [6.07, 6.45) is -2.70. The first-order chi connectivity index (χ1) is 20.6. The molecular formula is C34H29F3N4OS. The molecule has 5 nitrogen and oxygen atoms in total. The SMILES string of the molecule is Cc1ccccc1Oc1ccc(N2C(=S)N[C@@H](c3ccccn3)[C@@H]2c2cc(C)n(-c3cccc(C(F)(F)F)c3)c2C)cc1. The summed E-state index contributed by atoms with van der Waals surface area (Å²) >= 11 is 5.89. The highest BCUT2D eigenvalue weighted by Gasteiger charge is 2.42. The van der Waals surface area contributed by atoms with Crippen molar-refractivity contribution in [2.45, 2.75) is 39.0 Å². The van der Waals surface area contributed by atoms with Gasteiger partial charge < -0.3 is 19.5 Å². The van der Waals surface area contributed by atoms with Gasteiger partial charge in [-0.15, -0.1) is 0 Å². The normalized spacial score (nSPS) is 16.8. The number of thiocarbonyl (C=S) groups is 1. The predicted molar refractivity (Wildman–Crippen MR) is 166 cm³/mol. The summed E-state index contributed by atoms with van der Waals surface area (Å²) < 4.78 is 48.7. The fourth-order valence-corrected chi connectivity index (χ4v) is 6.07. The zero-order valence-corrected chi connectivity index (χ0v) is 24.6. The number of anilines is 1. The lowest BCUT2D eigenvalue weighted by atomic mass is 9.96. The molecule has 9 heteroatoms. The van der Waals surface area contributed by atoms with Crippen LogP contribution in [0.2, 0.25) is 0 Å². The second kappa shape index (κ2) is 11.2. The largest absolute Gasteiger partial charge is 0.457 e. The van der Waals surface area contributed by atoms with Crippen molar-refractivity contribution in [1.82, 2.24) is 14.9 Å². The molecule has 1 aliphatic heterocycles. The Hall–Kier alpha value is -4.63.